The van der Waals surface area contributed by atoms with Crippen LogP contribution < -0.4 is 4.74 Å². The molecule has 1 aromatic rings. The molecule has 80 valence electrons. The zero-order valence-electron chi connectivity index (χ0n) is 8.23. The van der Waals surface area contributed by atoms with Crippen LogP contribution in [0.2, 0.25) is 0 Å². The fraction of sp³-hybridized carbons (Fsp3) is 0.182. The molecule has 0 fully saturated rings. The molecular formula is C11H12O3S. The maximum absolute atomic E-state index is 10.5. The van der Waals surface area contributed by atoms with E-state index in [4.69, 9.17) is 16.3 Å². The fourth-order valence-corrected chi connectivity index (χ4v) is 0.884. The highest BCUT2D eigenvalue weighted by Crippen LogP contribution is 2.13. The number of hydrogen-bond acceptors (Lipinski definition) is 2. The summed E-state index contributed by atoms with van der Waals surface area (Å²) in [7, 11) is 0. The van der Waals surface area contributed by atoms with Crippen LogP contribution in [0.25, 0.3) is 0 Å². The third-order valence-corrected chi connectivity index (χ3v) is 1.68. The van der Waals surface area contributed by atoms with Gasteiger partial charge in [0.15, 0.2) is 6.10 Å². The van der Waals surface area contributed by atoms with Crippen LogP contribution in [0.15, 0.2) is 24.3 Å². The monoisotopic (exact) mass is 224 g/mol. The number of aliphatic carboxylic acids is 1. The van der Waals surface area contributed by atoms with Crippen molar-refractivity contribution in [3.05, 3.63) is 29.8 Å². The SMILES string of the molecule is C#Cc1ccc(O[C@@H](C)C(=O)O)cc1.S. The largest absolute Gasteiger partial charge is 0.479 e. The van der Waals surface area contributed by atoms with Gasteiger partial charge in [0.1, 0.15) is 5.75 Å². The number of carboxylic acids is 1. The molecule has 0 aliphatic carbocycles. The topological polar surface area (TPSA) is 46.5 Å². The Kier molecular flexibility index (Phi) is 5.35. The van der Waals surface area contributed by atoms with Gasteiger partial charge in [-0.15, -0.1) is 6.42 Å². The molecule has 0 bridgehead atoms. The maximum atomic E-state index is 10.5. The summed E-state index contributed by atoms with van der Waals surface area (Å²) in [6.07, 6.45) is 4.31. The van der Waals surface area contributed by atoms with Gasteiger partial charge in [-0.25, -0.2) is 4.79 Å². The molecule has 0 saturated carbocycles. The molecule has 0 heterocycles. The lowest BCUT2D eigenvalue weighted by atomic mass is 10.2. The van der Waals surface area contributed by atoms with E-state index in [-0.39, 0.29) is 13.5 Å². The van der Waals surface area contributed by atoms with Crippen LogP contribution in [0.4, 0.5) is 0 Å². The van der Waals surface area contributed by atoms with E-state index in [1.54, 1.807) is 24.3 Å². The van der Waals surface area contributed by atoms with E-state index in [1.807, 2.05) is 0 Å². The van der Waals surface area contributed by atoms with Crippen molar-refractivity contribution in [3.63, 3.8) is 0 Å². The molecule has 15 heavy (non-hydrogen) atoms. The lowest BCUT2D eigenvalue weighted by Crippen LogP contribution is -2.22. The minimum Gasteiger partial charge on any atom is -0.479 e. The summed E-state index contributed by atoms with van der Waals surface area (Å²) >= 11 is 0. The van der Waals surface area contributed by atoms with Crippen molar-refractivity contribution in [3.8, 4) is 18.1 Å². The number of benzene rings is 1. The van der Waals surface area contributed by atoms with E-state index >= 15 is 0 Å². The number of ether oxygens (including phenoxy) is 1. The second-order valence-corrected chi connectivity index (χ2v) is 2.77. The van der Waals surface area contributed by atoms with Gasteiger partial charge in [-0.2, -0.15) is 13.5 Å². The van der Waals surface area contributed by atoms with Gasteiger partial charge in [-0.3, -0.25) is 0 Å². The highest BCUT2D eigenvalue weighted by molar-refractivity contribution is 7.59. The quantitative estimate of drug-likeness (QED) is 0.794. The number of carboxylic acid groups (broad SMARTS) is 1. The van der Waals surface area contributed by atoms with Gasteiger partial charge in [0, 0.05) is 5.56 Å². The van der Waals surface area contributed by atoms with Gasteiger partial charge >= 0.3 is 5.97 Å². The number of carbonyl (C=O) groups is 1. The Balaban J connectivity index is 0.00000196. The first kappa shape index (κ1) is 13.4. The van der Waals surface area contributed by atoms with Crippen LogP contribution in [0, 0.1) is 12.3 Å². The normalized spacial score (nSPS) is 10.7. The molecule has 0 amide bonds. The fourth-order valence-electron chi connectivity index (χ4n) is 0.884. The summed E-state index contributed by atoms with van der Waals surface area (Å²) in [6, 6.07) is 6.69. The average molecular weight is 224 g/mol. The van der Waals surface area contributed by atoms with Crippen molar-refractivity contribution in [1.82, 2.24) is 0 Å². The molecule has 1 aromatic carbocycles. The number of hydrogen-bond donors (Lipinski definition) is 1. The Morgan fingerprint density at radius 3 is 2.40 bits per heavy atom. The van der Waals surface area contributed by atoms with Crippen molar-refractivity contribution < 1.29 is 14.6 Å². The van der Waals surface area contributed by atoms with E-state index in [0.717, 1.165) is 5.56 Å². The Labute approximate surface area is 95.5 Å². The molecular weight excluding hydrogens is 212 g/mol. The predicted molar refractivity (Wildman–Crippen MR) is 62.5 cm³/mol. The number of rotatable bonds is 3. The zero-order valence-corrected chi connectivity index (χ0v) is 9.23. The lowest BCUT2D eigenvalue weighted by Gasteiger charge is -2.09. The zero-order chi connectivity index (χ0) is 10.6. The summed E-state index contributed by atoms with van der Waals surface area (Å²) in [5, 5.41) is 8.59. The van der Waals surface area contributed by atoms with Crippen molar-refractivity contribution >= 4 is 19.5 Å². The van der Waals surface area contributed by atoms with Gasteiger partial charge in [-0.05, 0) is 31.2 Å². The predicted octanol–water partition coefficient (Wildman–Crippen LogP) is 1.63. The van der Waals surface area contributed by atoms with Crippen LogP contribution >= 0.6 is 13.5 Å². The minimum absolute atomic E-state index is 0. The van der Waals surface area contributed by atoms with Gasteiger partial charge < -0.3 is 9.84 Å². The summed E-state index contributed by atoms with van der Waals surface area (Å²) in [4.78, 5) is 10.5. The summed E-state index contributed by atoms with van der Waals surface area (Å²) in [5.41, 5.74) is 0.736. The van der Waals surface area contributed by atoms with Crippen molar-refractivity contribution in [1.29, 1.82) is 0 Å². The molecule has 0 unspecified atom stereocenters. The van der Waals surface area contributed by atoms with Crippen LogP contribution in [0.3, 0.4) is 0 Å². The Hall–Kier alpha value is -1.60. The van der Waals surface area contributed by atoms with Gasteiger partial charge in [-0.1, -0.05) is 5.92 Å². The second kappa shape index (κ2) is 5.99. The Morgan fingerprint density at radius 2 is 2.00 bits per heavy atom. The molecule has 1 rings (SSSR count). The third kappa shape index (κ3) is 3.96. The first-order valence-electron chi connectivity index (χ1n) is 4.09. The summed E-state index contributed by atoms with van der Waals surface area (Å²) in [5.74, 6) is 1.96. The molecule has 0 radical (unpaired) electrons. The van der Waals surface area contributed by atoms with Gasteiger partial charge in [0.05, 0.1) is 0 Å². The van der Waals surface area contributed by atoms with E-state index in [1.165, 1.54) is 6.92 Å². The van der Waals surface area contributed by atoms with Gasteiger partial charge in [0.25, 0.3) is 0 Å². The third-order valence-electron chi connectivity index (χ3n) is 1.68. The molecule has 0 aliphatic rings. The number of terminal acetylenes is 1. The summed E-state index contributed by atoms with van der Waals surface area (Å²) in [6.45, 7) is 1.47. The first-order chi connectivity index (χ1) is 6.63. The summed E-state index contributed by atoms with van der Waals surface area (Å²) < 4.78 is 5.11. The molecule has 0 saturated heterocycles. The van der Waals surface area contributed by atoms with Crippen molar-refractivity contribution in [2.45, 2.75) is 13.0 Å². The van der Waals surface area contributed by atoms with E-state index in [9.17, 15) is 4.79 Å². The van der Waals surface area contributed by atoms with Crippen LogP contribution in [0.5, 0.6) is 5.75 Å². The van der Waals surface area contributed by atoms with Crippen LogP contribution in [-0.2, 0) is 4.79 Å². The molecule has 0 aliphatic heterocycles. The molecule has 4 heteroatoms. The lowest BCUT2D eigenvalue weighted by molar-refractivity contribution is -0.144. The first-order valence-corrected chi connectivity index (χ1v) is 4.09. The molecule has 1 atom stereocenters. The standard InChI is InChI=1S/C11H10O3.H2S/c1-3-9-4-6-10(7-5-9)14-8(2)11(12)13;/h1,4-8H,2H3,(H,12,13);1H2/t8-;/m0./s1. The molecule has 0 aromatic heterocycles. The van der Waals surface area contributed by atoms with E-state index in [2.05, 4.69) is 5.92 Å². The van der Waals surface area contributed by atoms with E-state index in [0.29, 0.717) is 5.75 Å². The van der Waals surface area contributed by atoms with Crippen LogP contribution in [0.1, 0.15) is 12.5 Å². The molecule has 0 spiro atoms. The highest BCUT2D eigenvalue weighted by Gasteiger charge is 2.11. The van der Waals surface area contributed by atoms with Crippen molar-refractivity contribution in [2.75, 3.05) is 0 Å². The van der Waals surface area contributed by atoms with E-state index < -0.39 is 12.1 Å². The maximum Gasteiger partial charge on any atom is 0.344 e. The minimum atomic E-state index is -0.994. The Bertz CT molecular complexity index is 364. The highest BCUT2D eigenvalue weighted by atomic mass is 32.1. The van der Waals surface area contributed by atoms with Crippen LogP contribution in [-0.4, -0.2) is 17.2 Å². The molecule has 1 N–H and O–H groups in total. The second-order valence-electron chi connectivity index (χ2n) is 2.77. The average Bonchev–Trinajstić information content (AvgIpc) is 2.19. The van der Waals surface area contributed by atoms with Crippen molar-refractivity contribution in [2.24, 2.45) is 0 Å². The van der Waals surface area contributed by atoms with Gasteiger partial charge in [0.2, 0.25) is 0 Å². The Morgan fingerprint density at radius 1 is 1.47 bits per heavy atom. The smallest absolute Gasteiger partial charge is 0.344 e. The molecule has 3 nitrogen and oxygen atoms in total.